The summed E-state index contributed by atoms with van der Waals surface area (Å²) in [6.07, 6.45) is 10.3. The van der Waals surface area contributed by atoms with E-state index in [1.54, 1.807) is 18.6 Å². The Labute approximate surface area is 181 Å². The second kappa shape index (κ2) is 10.3. The SMILES string of the molecule is O=C(CCc1cccnc1)Cc1ccc(OCc2ccccc2-c2cncnc2)cc1. The van der Waals surface area contributed by atoms with Gasteiger partial charge in [0.15, 0.2) is 0 Å². The average Bonchev–Trinajstić information content (AvgIpc) is 2.84. The van der Waals surface area contributed by atoms with Gasteiger partial charge in [-0.2, -0.15) is 0 Å². The van der Waals surface area contributed by atoms with Crippen LogP contribution in [-0.2, 0) is 24.2 Å². The Kier molecular flexibility index (Phi) is 6.75. The fraction of sp³-hybridized carbons (Fsp3) is 0.154. The molecule has 0 aliphatic carbocycles. The number of Topliss-reactive ketones (excluding diaryl/α,β-unsaturated/α-hetero) is 1. The van der Waals surface area contributed by atoms with Crippen molar-refractivity contribution in [1.82, 2.24) is 15.0 Å². The van der Waals surface area contributed by atoms with E-state index in [4.69, 9.17) is 4.74 Å². The summed E-state index contributed by atoms with van der Waals surface area (Å²) in [7, 11) is 0. The van der Waals surface area contributed by atoms with E-state index in [0.29, 0.717) is 19.4 Å². The summed E-state index contributed by atoms with van der Waals surface area (Å²) in [5.41, 5.74) is 5.15. The third-order valence-corrected chi connectivity index (χ3v) is 5.02. The number of aryl methyl sites for hydroxylation is 1. The first kappa shape index (κ1) is 20.4. The predicted molar refractivity (Wildman–Crippen MR) is 120 cm³/mol. The number of benzene rings is 2. The Bertz CT molecular complexity index is 1110. The molecule has 4 rings (SSSR count). The first-order valence-electron chi connectivity index (χ1n) is 10.2. The third kappa shape index (κ3) is 5.82. The van der Waals surface area contributed by atoms with Crippen LogP contribution in [0.15, 0.2) is 91.8 Å². The molecule has 0 aliphatic rings. The lowest BCUT2D eigenvalue weighted by atomic mass is 10.0. The highest BCUT2D eigenvalue weighted by atomic mass is 16.5. The highest BCUT2D eigenvalue weighted by Crippen LogP contribution is 2.24. The highest BCUT2D eigenvalue weighted by Gasteiger charge is 2.08. The van der Waals surface area contributed by atoms with Crippen molar-refractivity contribution in [2.45, 2.75) is 25.9 Å². The summed E-state index contributed by atoms with van der Waals surface area (Å²) in [6, 6.07) is 19.7. The quantitative estimate of drug-likeness (QED) is 0.395. The van der Waals surface area contributed by atoms with Crippen molar-refractivity contribution in [3.63, 3.8) is 0 Å². The number of hydrogen-bond acceptors (Lipinski definition) is 5. The number of hydrogen-bond donors (Lipinski definition) is 0. The third-order valence-electron chi connectivity index (χ3n) is 5.02. The van der Waals surface area contributed by atoms with Crippen LogP contribution in [0, 0.1) is 0 Å². The maximum absolute atomic E-state index is 12.3. The summed E-state index contributed by atoms with van der Waals surface area (Å²) in [6.45, 7) is 0.439. The molecule has 0 fully saturated rings. The van der Waals surface area contributed by atoms with E-state index in [9.17, 15) is 4.79 Å². The van der Waals surface area contributed by atoms with Crippen LogP contribution in [0.3, 0.4) is 0 Å². The van der Waals surface area contributed by atoms with Gasteiger partial charge in [0.25, 0.3) is 0 Å². The van der Waals surface area contributed by atoms with Gasteiger partial charge in [0.2, 0.25) is 0 Å². The van der Waals surface area contributed by atoms with Crippen molar-refractivity contribution < 1.29 is 9.53 Å². The molecule has 0 unspecified atom stereocenters. The van der Waals surface area contributed by atoms with Crippen molar-refractivity contribution in [2.75, 3.05) is 0 Å². The number of pyridine rings is 1. The van der Waals surface area contributed by atoms with Crippen molar-refractivity contribution in [1.29, 1.82) is 0 Å². The fourth-order valence-electron chi connectivity index (χ4n) is 3.38. The molecule has 4 aromatic rings. The van der Waals surface area contributed by atoms with Gasteiger partial charge in [0, 0.05) is 43.2 Å². The minimum Gasteiger partial charge on any atom is -0.489 e. The Morgan fingerprint density at radius 3 is 2.39 bits per heavy atom. The Balaban J connectivity index is 1.32. The zero-order chi connectivity index (χ0) is 21.3. The summed E-state index contributed by atoms with van der Waals surface area (Å²) >= 11 is 0. The lowest BCUT2D eigenvalue weighted by Crippen LogP contribution is -2.04. The van der Waals surface area contributed by atoms with E-state index in [2.05, 4.69) is 15.0 Å². The van der Waals surface area contributed by atoms with Crippen LogP contribution in [0.1, 0.15) is 23.1 Å². The summed E-state index contributed by atoms with van der Waals surface area (Å²) < 4.78 is 5.99. The van der Waals surface area contributed by atoms with Gasteiger partial charge < -0.3 is 4.74 Å². The van der Waals surface area contributed by atoms with E-state index in [0.717, 1.165) is 40.0 Å². The molecule has 5 heteroatoms. The molecular weight excluding hydrogens is 386 g/mol. The van der Waals surface area contributed by atoms with Crippen molar-refractivity contribution >= 4 is 5.78 Å². The fourth-order valence-corrected chi connectivity index (χ4v) is 3.38. The molecule has 0 aliphatic heterocycles. The predicted octanol–water partition coefficient (Wildman–Crippen LogP) is 4.86. The number of carbonyl (C=O) groups excluding carboxylic acids is 1. The van der Waals surface area contributed by atoms with Crippen LogP contribution in [-0.4, -0.2) is 20.7 Å². The average molecular weight is 409 g/mol. The first-order chi connectivity index (χ1) is 15.3. The number of nitrogens with zero attached hydrogens (tertiary/aromatic N) is 3. The van der Waals surface area contributed by atoms with E-state index in [-0.39, 0.29) is 5.78 Å². The number of carbonyl (C=O) groups is 1. The van der Waals surface area contributed by atoms with Crippen LogP contribution in [0.5, 0.6) is 5.75 Å². The monoisotopic (exact) mass is 409 g/mol. The molecule has 0 saturated heterocycles. The maximum atomic E-state index is 12.3. The van der Waals surface area contributed by atoms with Gasteiger partial charge in [-0.15, -0.1) is 0 Å². The molecule has 31 heavy (non-hydrogen) atoms. The van der Waals surface area contributed by atoms with Gasteiger partial charge in [-0.25, -0.2) is 9.97 Å². The molecule has 0 amide bonds. The molecule has 5 nitrogen and oxygen atoms in total. The van der Waals surface area contributed by atoms with Gasteiger partial charge >= 0.3 is 0 Å². The van der Waals surface area contributed by atoms with E-state index >= 15 is 0 Å². The minimum atomic E-state index is 0.219. The molecule has 0 radical (unpaired) electrons. The highest BCUT2D eigenvalue weighted by molar-refractivity contribution is 5.81. The largest absolute Gasteiger partial charge is 0.489 e. The normalized spacial score (nSPS) is 10.6. The number of ketones is 1. The first-order valence-corrected chi connectivity index (χ1v) is 10.2. The molecule has 0 N–H and O–H groups in total. The molecule has 154 valence electrons. The lowest BCUT2D eigenvalue weighted by molar-refractivity contribution is -0.118. The Morgan fingerprint density at radius 2 is 1.61 bits per heavy atom. The molecule has 0 spiro atoms. The van der Waals surface area contributed by atoms with Gasteiger partial charge in [0.05, 0.1) is 0 Å². The van der Waals surface area contributed by atoms with Crippen LogP contribution in [0.25, 0.3) is 11.1 Å². The second-order valence-corrected chi connectivity index (χ2v) is 7.29. The van der Waals surface area contributed by atoms with Gasteiger partial charge in [0.1, 0.15) is 24.5 Å². The van der Waals surface area contributed by atoms with Crippen LogP contribution < -0.4 is 4.74 Å². The summed E-state index contributed by atoms with van der Waals surface area (Å²) in [5.74, 6) is 0.988. The summed E-state index contributed by atoms with van der Waals surface area (Å²) in [5, 5.41) is 0. The van der Waals surface area contributed by atoms with E-state index < -0.39 is 0 Å². The molecule has 0 bridgehead atoms. The van der Waals surface area contributed by atoms with Gasteiger partial charge in [-0.1, -0.05) is 42.5 Å². The van der Waals surface area contributed by atoms with E-state index in [1.807, 2.05) is 66.9 Å². The van der Waals surface area contributed by atoms with Crippen LogP contribution in [0.2, 0.25) is 0 Å². The maximum Gasteiger partial charge on any atom is 0.137 e. The molecular formula is C26H23N3O2. The zero-order valence-electron chi connectivity index (χ0n) is 17.1. The molecule has 2 aromatic carbocycles. The molecule has 0 atom stereocenters. The minimum absolute atomic E-state index is 0.219. The number of ether oxygens (including phenoxy) is 1. The van der Waals surface area contributed by atoms with Crippen molar-refractivity contribution in [3.05, 3.63) is 108 Å². The number of aromatic nitrogens is 3. The standard InChI is InChI=1S/C26H23N3O2/c30-24(10-7-21-4-3-13-27-15-21)14-20-8-11-25(12-9-20)31-18-22-5-1-2-6-26(22)23-16-28-19-29-17-23/h1-6,8-9,11-13,15-17,19H,7,10,14,18H2. The topological polar surface area (TPSA) is 65.0 Å². The van der Waals surface area contributed by atoms with Crippen molar-refractivity contribution in [2.24, 2.45) is 0 Å². The second-order valence-electron chi connectivity index (χ2n) is 7.29. The zero-order valence-corrected chi connectivity index (χ0v) is 17.1. The number of rotatable bonds is 9. The van der Waals surface area contributed by atoms with Crippen LogP contribution in [0.4, 0.5) is 0 Å². The molecule has 0 saturated carbocycles. The Hall–Kier alpha value is -3.86. The van der Waals surface area contributed by atoms with Gasteiger partial charge in [-0.05, 0) is 46.9 Å². The lowest BCUT2D eigenvalue weighted by Gasteiger charge is -2.11. The van der Waals surface area contributed by atoms with E-state index in [1.165, 1.54) is 6.33 Å². The van der Waals surface area contributed by atoms with Crippen LogP contribution >= 0.6 is 0 Å². The smallest absolute Gasteiger partial charge is 0.137 e. The molecule has 2 aromatic heterocycles. The molecule has 2 heterocycles. The van der Waals surface area contributed by atoms with Gasteiger partial charge in [-0.3, -0.25) is 9.78 Å². The summed E-state index contributed by atoms with van der Waals surface area (Å²) in [4.78, 5) is 24.6. The Morgan fingerprint density at radius 1 is 0.806 bits per heavy atom. The van der Waals surface area contributed by atoms with Crippen molar-refractivity contribution in [3.8, 4) is 16.9 Å².